The number of ether oxygens (including phenoxy) is 2. The summed E-state index contributed by atoms with van der Waals surface area (Å²) in [5.41, 5.74) is 2.75. The molecular formula is C19H17N3O3S. The summed E-state index contributed by atoms with van der Waals surface area (Å²) in [5, 5.41) is 7.64. The van der Waals surface area contributed by atoms with Crippen molar-refractivity contribution in [2.45, 2.75) is 12.1 Å². The Balaban J connectivity index is 1.41. The third-order valence-electron chi connectivity index (χ3n) is 3.99. The van der Waals surface area contributed by atoms with Gasteiger partial charge >= 0.3 is 0 Å². The Morgan fingerprint density at radius 3 is 2.69 bits per heavy atom. The number of aromatic amines is 1. The molecule has 7 heteroatoms. The van der Waals surface area contributed by atoms with Crippen LogP contribution in [0, 0.1) is 6.92 Å². The second kappa shape index (κ2) is 7.21. The van der Waals surface area contributed by atoms with Crippen LogP contribution in [0.5, 0.6) is 11.5 Å². The Morgan fingerprint density at radius 2 is 1.88 bits per heavy atom. The molecule has 4 rings (SSSR count). The molecule has 0 bridgehead atoms. The van der Waals surface area contributed by atoms with Crippen LogP contribution < -0.4 is 9.47 Å². The summed E-state index contributed by atoms with van der Waals surface area (Å²) >= 11 is 1.30. The van der Waals surface area contributed by atoms with Crippen LogP contribution in [0.3, 0.4) is 0 Å². The van der Waals surface area contributed by atoms with E-state index in [4.69, 9.17) is 9.47 Å². The molecule has 1 aliphatic rings. The number of carbonyl (C=O) groups is 1. The molecule has 132 valence electrons. The number of thioether (sulfide) groups is 1. The molecule has 0 atom stereocenters. The van der Waals surface area contributed by atoms with Gasteiger partial charge < -0.3 is 9.47 Å². The Bertz CT molecular complexity index is 937. The molecule has 0 unspecified atom stereocenters. The van der Waals surface area contributed by atoms with Gasteiger partial charge in [0.15, 0.2) is 23.1 Å². The summed E-state index contributed by atoms with van der Waals surface area (Å²) < 4.78 is 11.0. The lowest BCUT2D eigenvalue weighted by Crippen LogP contribution is -2.16. The van der Waals surface area contributed by atoms with Gasteiger partial charge in [0, 0.05) is 11.1 Å². The molecule has 6 nitrogen and oxygen atoms in total. The molecule has 3 aromatic rings. The third kappa shape index (κ3) is 3.57. The first-order valence-corrected chi connectivity index (χ1v) is 9.23. The average Bonchev–Trinajstić information content (AvgIpc) is 3.15. The minimum atomic E-state index is -0.00587. The number of H-pyrrole nitrogens is 1. The molecule has 0 fully saturated rings. The van der Waals surface area contributed by atoms with E-state index in [2.05, 4.69) is 15.2 Å². The van der Waals surface area contributed by atoms with Crippen molar-refractivity contribution in [1.29, 1.82) is 0 Å². The van der Waals surface area contributed by atoms with E-state index in [1.54, 1.807) is 18.2 Å². The van der Waals surface area contributed by atoms with E-state index in [0.717, 1.165) is 5.56 Å². The van der Waals surface area contributed by atoms with E-state index in [1.165, 1.54) is 17.3 Å². The number of aryl methyl sites for hydroxylation is 1. The van der Waals surface area contributed by atoms with Crippen LogP contribution in [-0.2, 0) is 0 Å². The molecule has 2 aromatic carbocycles. The van der Waals surface area contributed by atoms with E-state index < -0.39 is 0 Å². The fourth-order valence-corrected chi connectivity index (χ4v) is 3.27. The van der Waals surface area contributed by atoms with Gasteiger partial charge in [0.05, 0.1) is 5.75 Å². The molecule has 0 saturated heterocycles. The van der Waals surface area contributed by atoms with Crippen molar-refractivity contribution in [2.24, 2.45) is 0 Å². The molecule has 1 N–H and O–H groups in total. The highest BCUT2D eigenvalue weighted by molar-refractivity contribution is 7.99. The van der Waals surface area contributed by atoms with E-state index >= 15 is 0 Å². The van der Waals surface area contributed by atoms with Crippen molar-refractivity contribution in [2.75, 3.05) is 19.0 Å². The fraction of sp³-hybridized carbons (Fsp3) is 0.211. The first kappa shape index (κ1) is 16.7. The zero-order valence-corrected chi connectivity index (χ0v) is 15.0. The molecule has 26 heavy (non-hydrogen) atoms. The minimum absolute atomic E-state index is 0.00587. The van der Waals surface area contributed by atoms with Gasteiger partial charge in [-0.25, -0.2) is 4.98 Å². The number of ketones is 1. The largest absolute Gasteiger partial charge is 0.486 e. The van der Waals surface area contributed by atoms with Crippen LogP contribution in [-0.4, -0.2) is 39.9 Å². The summed E-state index contributed by atoms with van der Waals surface area (Å²) in [6, 6.07) is 13.3. The van der Waals surface area contributed by atoms with Crippen LogP contribution in [0.25, 0.3) is 11.4 Å². The van der Waals surface area contributed by atoms with Gasteiger partial charge in [-0.3, -0.25) is 9.89 Å². The summed E-state index contributed by atoms with van der Waals surface area (Å²) in [6.07, 6.45) is 0. The molecular weight excluding hydrogens is 350 g/mol. The predicted octanol–water partition coefficient (Wildman–Crippen LogP) is 3.53. The number of rotatable bonds is 5. The third-order valence-corrected chi connectivity index (χ3v) is 4.83. The van der Waals surface area contributed by atoms with E-state index in [1.807, 2.05) is 31.2 Å². The molecule has 1 aliphatic heterocycles. The summed E-state index contributed by atoms with van der Waals surface area (Å²) in [7, 11) is 0. The number of aromatic nitrogens is 3. The second-order valence-electron chi connectivity index (χ2n) is 5.90. The van der Waals surface area contributed by atoms with Crippen molar-refractivity contribution in [1.82, 2.24) is 15.2 Å². The minimum Gasteiger partial charge on any atom is -0.486 e. The molecule has 1 aromatic heterocycles. The lowest BCUT2D eigenvalue weighted by Gasteiger charge is -2.18. The zero-order chi connectivity index (χ0) is 17.9. The molecule has 2 heterocycles. The van der Waals surface area contributed by atoms with E-state index in [-0.39, 0.29) is 11.5 Å². The lowest BCUT2D eigenvalue weighted by atomic mass is 10.1. The van der Waals surface area contributed by atoms with Crippen molar-refractivity contribution in [3.63, 3.8) is 0 Å². The van der Waals surface area contributed by atoms with Gasteiger partial charge in [0.1, 0.15) is 13.2 Å². The maximum Gasteiger partial charge on any atom is 0.209 e. The highest BCUT2D eigenvalue weighted by atomic mass is 32.2. The lowest BCUT2D eigenvalue weighted by molar-refractivity contribution is 0.102. The number of Topliss-reactive ketones (excluding diaryl/α,β-unsaturated/α-hetero) is 1. The highest BCUT2D eigenvalue weighted by Crippen LogP contribution is 2.31. The van der Waals surface area contributed by atoms with Crippen LogP contribution in [0.2, 0.25) is 0 Å². The number of nitrogens with zero attached hydrogens (tertiary/aromatic N) is 2. The Morgan fingerprint density at radius 1 is 1.12 bits per heavy atom. The number of carbonyl (C=O) groups excluding carboxylic acids is 1. The van der Waals surface area contributed by atoms with Crippen molar-refractivity contribution >= 4 is 17.5 Å². The van der Waals surface area contributed by atoms with E-state index in [9.17, 15) is 4.79 Å². The van der Waals surface area contributed by atoms with Crippen LogP contribution in [0.4, 0.5) is 0 Å². The van der Waals surface area contributed by atoms with Crippen LogP contribution >= 0.6 is 11.8 Å². The Labute approximate surface area is 154 Å². The van der Waals surface area contributed by atoms with Gasteiger partial charge in [0.25, 0.3) is 0 Å². The van der Waals surface area contributed by atoms with Gasteiger partial charge in [0.2, 0.25) is 5.16 Å². The molecule has 0 amide bonds. The van der Waals surface area contributed by atoms with Crippen LogP contribution in [0.15, 0.2) is 47.6 Å². The number of nitrogens with one attached hydrogen (secondary N) is 1. The maximum atomic E-state index is 12.4. The van der Waals surface area contributed by atoms with Crippen molar-refractivity contribution in [3.05, 3.63) is 53.6 Å². The zero-order valence-electron chi connectivity index (χ0n) is 14.2. The maximum absolute atomic E-state index is 12.4. The highest BCUT2D eigenvalue weighted by Gasteiger charge is 2.16. The van der Waals surface area contributed by atoms with Crippen molar-refractivity contribution < 1.29 is 14.3 Å². The normalized spacial score (nSPS) is 12.8. The van der Waals surface area contributed by atoms with Crippen LogP contribution in [0.1, 0.15) is 15.9 Å². The Kier molecular flexibility index (Phi) is 4.62. The number of benzene rings is 2. The molecule has 0 saturated carbocycles. The second-order valence-corrected chi connectivity index (χ2v) is 6.85. The molecule has 0 radical (unpaired) electrons. The predicted molar refractivity (Wildman–Crippen MR) is 99.0 cm³/mol. The molecule has 0 spiro atoms. The Hall–Kier alpha value is -2.80. The molecule has 0 aliphatic carbocycles. The number of hydrogen-bond donors (Lipinski definition) is 1. The summed E-state index contributed by atoms with van der Waals surface area (Å²) in [4.78, 5) is 16.9. The quantitative estimate of drug-likeness (QED) is 0.549. The fourth-order valence-electron chi connectivity index (χ4n) is 2.58. The summed E-state index contributed by atoms with van der Waals surface area (Å²) in [6.45, 7) is 3.07. The van der Waals surface area contributed by atoms with Gasteiger partial charge in [-0.1, -0.05) is 41.6 Å². The van der Waals surface area contributed by atoms with E-state index in [0.29, 0.717) is 41.3 Å². The first-order valence-electron chi connectivity index (χ1n) is 8.24. The number of fused-ring (bicyclic) bond motifs is 1. The topological polar surface area (TPSA) is 77.1 Å². The van der Waals surface area contributed by atoms with Crippen molar-refractivity contribution in [3.8, 4) is 22.9 Å². The SMILES string of the molecule is Cc1ccc(-c2nc(SCC(=O)c3ccc4c(c3)OCCO4)n[nH]2)cc1. The standard InChI is InChI=1S/C19H17N3O3S/c1-12-2-4-13(5-3-12)18-20-19(22-21-18)26-11-15(23)14-6-7-16-17(10-14)25-9-8-24-16/h2-7,10H,8-9,11H2,1H3,(H,20,21,22). The van der Waals surface area contributed by atoms with Gasteiger partial charge in [-0.15, -0.1) is 5.10 Å². The smallest absolute Gasteiger partial charge is 0.209 e. The van der Waals surface area contributed by atoms with Gasteiger partial charge in [-0.2, -0.15) is 0 Å². The average molecular weight is 367 g/mol. The first-order chi connectivity index (χ1) is 12.7. The number of hydrogen-bond acceptors (Lipinski definition) is 6. The summed E-state index contributed by atoms with van der Waals surface area (Å²) in [5.74, 6) is 2.24. The monoisotopic (exact) mass is 367 g/mol. The van der Waals surface area contributed by atoms with Gasteiger partial charge in [-0.05, 0) is 25.1 Å².